The van der Waals surface area contributed by atoms with Gasteiger partial charge in [-0.05, 0) is 44.0 Å². The van der Waals surface area contributed by atoms with Crippen molar-refractivity contribution in [2.75, 3.05) is 13.7 Å². The molecule has 0 amide bonds. The maximum absolute atomic E-state index is 10.00. The summed E-state index contributed by atoms with van der Waals surface area (Å²) in [6.45, 7) is 4.21. The largest absolute Gasteiger partial charge is 0.508 e. The van der Waals surface area contributed by atoms with Crippen molar-refractivity contribution in [3.05, 3.63) is 23.8 Å². The molecule has 1 fully saturated rings. The number of phenolic OH excluding ortho intramolecular Hbond substituents is 1. The van der Waals surface area contributed by atoms with Crippen molar-refractivity contribution in [1.29, 1.82) is 0 Å². The zero-order chi connectivity index (χ0) is 13.7. The van der Waals surface area contributed by atoms with Gasteiger partial charge in [0.2, 0.25) is 0 Å². The SMILES string of the molecule is CCCC1CCCCN1Cc1cc(OC)ccc1O. The van der Waals surface area contributed by atoms with E-state index in [0.29, 0.717) is 11.8 Å². The number of piperidine rings is 1. The van der Waals surface area contributed by atoms with Crippen LogP contribution < -0.4 is 4.74 Å². The predicted molar refractivity (Wildman–Crippen MR) is 77.6 cm³/mol. The Hall–Kier alpha value is -1.22. The second-order valence-electron chi connectivity index (χ2n) is 5.40. The molecule has 1 N–H and O–H groups in total. The number of methoxy groups -OCH3 is 1. The summed E-state index contributed by atoms with van der Waals surface area (Å²) in [5.74, 6) is 1.19. The fraction of sp³-hybridized carbons (Fsp3) is 0.625. The van der Waals surface area contributed by atoms with E-state index in [-0.39, 0.29) is 0 Å². The summed E-state index contributed by atoms with van der Waals surface area (Å²) in [6, 6.07) is 6.16. The van der Waals surface area contributed by atoms with Crippen LogP contribution in [-0.2, 0) is 6.54 Å². The van der Waals surface area contributed by atoms with E-state index in [0.717, 1.165) is 24.4 Å². The van der Waals surface area contributed by atoms with Crippen LogP contribution in [0.25, 0.3) is 0 Å². The molecule has 106 valence electrons. The fourth-order valence-corrected chi connectivity index (χ4v) is 2.96. The molecule has 0 bridgehead atoms. The molecule has 0 saturated carbocycles. The molecule has 1 aliphatic heterocycles. The van der Waals surface area contributed by atoms with Gasteiger partial charge in [0, 0.05) is 18.2 Å². The summed E-state index contributed by atoms with van der Waals surface area (Å²) < 4.78 is 5.24. The molecule has 1 saturated heterocycles. The van der Waals surface area contributed by atoms with Crippen LogP contribution in [-0.4, -0.2) is 29.7 Å². The second kappa shape index (κ2) is 6.80. The Labute approximate surface area is 116 Å². The summed E-state index contributed by atoms with van der Waals surface area (Å²) in [7, 11) is 1.66. The first-order valence-corrected chi connectivity index (χ1v) is 7.34. The third-order valence-corrected chi connectivity index (χ3v) is 4.03. The summed E-state index contributed by atoms with van der Waals surface area (Å²) in [5.41, 5.74) is 0.974. The van der Waals surface area contributed by atoms with Crippen molar-refractivity contribution in [1.82, 2.24) is 4.90 Å². The zero-order valence-electron chi connectivity index (χ0n) is 12.1. The number of hydrogen-bond acceptors (Lipinski definition) is 3. The van der Waals surface area contributed by atoms with Gasteiger partial charge in [0.25, 0.3) is 0 Å². The first-order chi connectivity index (χ1) is 9.24. The number of benzene rings is 1. The van der Waals surface area contributed by atoms with Gasteiger partial charge >= 0.3 is 0 Å². The maximum Gasteiger partial charge on any atom is 0.120 e. The average Bonchev–Trinajstić information content (AvgIpc) is 2.43. The Morgan fingerprint density at radius 1 is 1.37 bits per heavy atom. The van der Waals surface area contributed by atoms with Gasteiger partial charge in [-0.3, -0.25) is 4.90 Å². The van der Waals surface area contributed by atoms with Gasteiger partial charge < -0.3 is 9.84 Å². The molecule has 1 aromatic rings. The van der Waals surface area contributed by atoms with E-state index in [9.17, 15) is 5.11 Å². The lowest BCUT2D eigenvalue weighted by atomic mass is 9.97. The molecule has 1 atom stereocenters. The number of aromatic hydroxyl groups is 1. The lowest BCUT2D eigenvalue weighted by Gasteiger charge is -2.35. The Morgan fingerprint density at radius 3 is 2.95 bits per heavy atom. The molecule has 1 heterocycles. The molecule has 1 unspecified atom stereocenters. The van der Waals surface area contributed by atoms with Gasteiger partial charge in [-0.15, -0.1) is 0 Å². The minimum atomic E-state index is 0.377. The Balaban J connectivity index is 2.09. The van der Waals surface area contributed by atoms with E-state index in [2.05, 4.69) is 11.8 Å². The van der Waals surface area contributed by atoms with Crippen LogP contribution in [0, 0.1) is 0 Å². The van der Waals surface area contributed by atoms with Crippen LogP contribution in [0.1, 0.15) is 44.6 Å². The fourth-order valence-electron chi connectivity index (χ4n) is 2.96. The van der Waals surface area contributed by atoms with Crippen LogP contribution in [0.4, 0.5) is 0 Å². The van der Waals surface area contributed by atoms with E-state index in [1.807, 2.05) is 6.07 Å². The summed E-state index contributed by atoms with van der Waals surface area (Å²) in [6.07, 6.45) is 6.38. The summed E-state index contributed by atoms with van der Waals surface area (Å²) >= 11 is 0. The smallest absolute Gasteiger partial charge is 0.120 e. The van der Waals surface area contributed by atoms with E-state index in [4.69, 9.17) is 4.74 Å². The van der Waals surface area contributed by atoms with E-state index in [1.165, 1.54) is 32.1 Å². The van der Waals surface area contributed by atoms with Gasteiger partial charge in [0.15, 0.2) is 0 Å². The number of ether oxygens (including phenoxy) is 1. The van der Waals surface area contributed by atoms with Crippen LogP contribution in [0.15, 0.2) is 18.2 Å². The first-order valence-electron chi connectivity index (χ1n) is 7.34. The number of phenols is 1. The molecule has 0 spiro atoms. The molecule has 0 aromatic heterocycles. The highest BCUT2D eigenvalue weighted by Crippen LogP contribution is 2.28. The molecule has 1 aliphatic rings. The maximum atomic E-state index is 10.00. The number of hydrogen-bond donors (Lipinski definition) is 1. The normalized spacial score (nSPS) is 20.4. The van der Waals surface area contributed by atoms with Crippen molar-refractivity contribution in [3.63, 3.8) is 0 Å². The van der Waals surface area contributed by atoms with E-state index in [1.54, 1.807) is 19.2 Å². The van der Waals surface area contributed by atoms with Gasteiger partial charge in [-0.1, -0.05) is 19.8 Å². The quantitative estimate of drug-likeness (QED) is 0.881. The third kappa shape index (κ3) is 3.63. The zero-order valence-corrected chi connectivity index (χ0v) is 12.1. The lowest BCUT2D eigenvalue weighted by Crippen LogP contribution is -2.38. The van der Waals surface area contributed by atoms with Crippen LogP contribution >= 0.6 is 0 Å². The number of rotatable bonds is 5. The van der Waals surface area contributed by atoms with Crippen molar-refractivity contribution in [2.24, 2.45) is 0 Å². The molecule has 0 aliphatic carbocycles. The Morgan fingerprint density at radius 2 is 2.21 bits per heavy atom. The molecule has 19 heavy (non-hydrogen) atoms. The standard InChI is InChI=1S/C16H25NO2/c1-3-6-14-7-4-5-10-17(14)12-13-11-15(19-2)8-9-16(13)18/h8-9,11,14,18H,3-7,10,12H2,1-2H3. The van der Waals surface area contributed by atoms with Crippen LogP contribution in [0.3, 0.4) is 0 Å². The van der Waals surface area contributed by atoms with Crippen LogP contribution in [0.5, 0.6) is 11.5 Å². The predicted octanol–water partition coefficient (Wildman–Crippen LogP) is 3.56. The highest BCUT2D eigenvalue weighted by atomic mass is 16.5. The highest BCUT2D eigenvalue weighted by molar-refractivity contribution is 5.39. The molecule has 3 nitrogen and oxygen atoms in total. The van der Waals surface area contributed by atoms with Crippen molar-refractivity contribution < 1.29 is 9.84 Å². The van der Waals surface area contributed by atoms with Gasteiger partial charge in [-0.25, -0.2) is 0 Å². The monoisotopic (exact) mass is 263 g/mol. The van der Waals surface area contributed by atoms with Crippen LogP contribution in [0.2, 0.25) is 0 Å². The number of nitrogens with zero attached hydrogens (tertiary/aromatic N) is 1. The van der Waals surface area contributed by atoms with Gasteiger partial charge in [-0.2, -0.15) is 0 Å². The van der Waals surface area contributed by atoms with Crippen molar-refractivity contribution >= 4 is 0 Å². The molecule has 1 aromatic carbocycles. The summed E-state index contributed by atoms with van der Waals surface area (Å²) in [4.78, 5) is 2.52. The van der Waals surface area contributed by atoms with Crippen molar-refractivity contribution in [2.45, 2.75) is 51.6 Å². The molecule has 3 heteroatoms. The van der Waals surface area contributed by atoms with Gasteiger partial charge in [0.1, 0.15) is 11.5 Å². The Bertz CT molecular complexity index is 404. The van der Waals surface area contributed by atoms with E-state index >= 15 is 0 Å². The summed E-state index contributed by atoms with van der Waals surface area (Å²) in [5, 5.41) is 10.00. The number of likely N-dealkylation sites (tertiary alicyclic amines) is 1. The Kier molecular flexibility index (Phi) is 5.08. The molecular weight excluding hydrogens is 238 g/mol. The minimum Gasteiger partial charge on any atom is -0.508 e. The molecule has 2 rings (SSSR count). The minimum absolute atomic E-state index is 0.377. The molecule has 0 radical (unpaired) electrons. The lowest BCUT2D eigenvalue weighted by molar-refractivity contribution is 0.130. The molecular formula is C16H25NO2. The second-order valence-corrected chi connectivity index (χ2v) is 5.40. The van der Waals surface area contributed by atoms with E-state index < -0.39 is 0 Å². The average molecular weight is 263 g/mol. The van der Waals surface area contributed by atoms with Crippen molar-refractivity contribution in [3.8, 4) is 11.5 Å². The first kappa shape index (κ1) is 14.2. The highest BCUT2D eigenvalue weighted by Gasteiger charge is 2.22. The van der Waals surface area contributed by atoms with Gasteiger partial charge in [0.05, 0.1) is 7.11 Å². The topological polar surface area (TPSA) is 32.7 Å². The third-order valence-electron chi connectivity index (χ3n) is 4.03.